The summed E-state index contributed by atoms with van der Waals surface area (Å²) in [6.07, 6.45) is 2.48. The minimum Gasteiger partial charge on any atom is -0.374 e. The number of Topliss-reactive ketones (excluding diaryl/α,β-unsaturated/α-hetero) is 2. The van der Waals surface area contributed by atoms with Crippen molar-refractivity contribution in [2.45, 2.75) is 26.3 Å². The second-order valence-corrected chi connectivity index (χ2v) is 6.99. The summed E-state index contributed by atoms with van der Waals surface area (Å²) in [4.78, 5) is 30.4. The zero-order valence-electron chi connectivity index (χ0n) is 14.3. The van der Waals surface area contributed by atoms with Crippen LogP contribution in [0.25, 0.3) is 0 Å². The maximum atomic E-state index is 13.0. The van der Waals surface area contributed by atoms with Crippen molar-refractivity contribution in [3.8, 4) is 0 Å². The summed E-state index contributed by atoms with van der Waals surface area (Å²) in [5, 5.41) is 3.28. The molecule has 0 fully saturated rings. The largest absolute Gasteiger partial charge is 0.374 e. The number of nitrogens with one attached hydrogen (secondary N) is 1. The molecular weight excluding hydrogens is 332 g/mol. The average Bonchev–Trinajstić information content (AvgIpc) is 2.66. The van der Waals surface area contributed by atoms with Gasteiger partial charge in [0.2, 0.25) is 11.6 Å². The smallest absolute Gasteiger partial charge is 0.220 e. The zero-order chi connectivity index (χ0) is 17.8. The number of allylic oxidation sites excluding steroid dienone is 2. The fraction of sp³-hybridized carbons (Fsp3) is 0.250. The van der Waals surface area contributed by atoms with E-state index in [9.17, 15) is 9.59 Å². The molecule has 1 aromatic heterocycles. The van der Waals surface area contributed by atoms with Crippen LogP contribution in [0.4, 0.5) is 0 Å². The van der Waals surface area contributed by atoms with Crippen LogP contribution in [0, 0.1) is 0 Å². The molecule has 1 atom stereocenters. The number of fused-ring (bicyclic) bond motifs is 1. The summed E-state index contributed by atoms with van der Waals surface area (Å²) in [6, 6.07) is 13.1. The Kier molecular flexibility index (Phi) is 5.34. The van der Waals surface area contributed by atoms with Gasteiger partial charge in [-0.1, -0.05) is 37.3 Å². The van der Waals surface area contributed by atoms with Crippen LogP contribution in [0.5, 0.6) is 0 Å². The Morgan fingerprint density at radius 3 is 2.56 bits per heavy atom. The molecule has 0 spiro atoms. The van der Waals surface area contributed by atoms with Crippen LogP contribution in [0.3, 0.4) is 0 Å². The fourth-order valence-electron chi connectivity index (χ4n) is 2.74. The lowest BCUT2D eigenvalue weighted by atomic mass is 9.96. The van der Waals surface area contributed by atoms with E-state index >= 15 is 0 Å². The van der Waals surface area contributed by atoms with Gasteiger partial charge in [-0.05, 0) is 36.8 Å². The summed E-state index contributed by atoms with van der Waals surface area (Å²) < 4.78 is 0. The van der Waals surface area contributed by atoms with E-state index in [1.54, 1.807) is 18.3 Å². The summed E-state index contributed by atoms with van der Waals surface area (Å²) >= 11 is 1.42. The molecule has 1 heterocycles. The first-order chi connectivity index (χ1) is 12.1. The van der Waals surface area contributed by atoms with Crippen molar-refractivity contribution in [1.82, 2.24) is 10.3 Å². The van der Waals surface area contributed by atoms with Gasteiger partial charge < -0.3 is 5.32 Å². The van der Waals surface area contributed by atoms with Gasteiger partial charge in [0.05, 0.1) is 10.5 Å². The SMILES string of the molecule is CCCSC1=C(N[C@H](C)c2ccccc2)C(=O)c2cccnc2C1=O. The lowest BCUT2D eigenvalue weighted by molar-refractivity contribution is 0.0970. The molecule has 3 rings (SSSR count). The predicted molar refractivity (Wildman–Crippen MR) is 101 cm³/mol. The molecule has 0 saturated carbocycles. The molecule has 0 radical (unpaired) electrons. The molecule has 1 aromatic carbocycles. The van der Waals surface area contributed by atoms with Gasteiger partial charge in [0.25, 0.3) is 0 Å². The molecule has 0 bridgehead atoms. The van der Waals surface area contributed by atoms with E-state index in [-0.39, 0.29) is 23.3 Å². The van der Waals surface area contributed by atoms with Gasteiger partial charge in [0, 0.05) is 12.2 Å². The van der Waals surface area contributed by atoms with Crippen LogP contribution in [0.1, 0.15) is 52.7 Å². The second kappa shape index (κ2) is 7.66. The number of rotatable bonds is 6. The zero-order valence-corrected chi connectivity index (χ0v) is 15.1. The van der Waals surface area contributed by atoms with Crippen molar-refractivity contribution in [3.05, 3.63) is 76.1 Å². The van der Waals surface area contributed by atoms with Gasteiger partial charge in [-0.2, -0.15) is 0 Å². The van der Waals surface area contributed by atoms with Gasteiger partial charge in [0.1, 0.15) is 11.4 Å². The summed E-state index contributed by atoms with van der Waals surface area (Å²) in [7, 11) is 0. The molecule has 0 aliphatic heterocycles. The van der Waals surface area contributed by atoms with Gasteiger partial charge in [0.15, 0.2) is 0 Å². The topological polar surface area (TPSA) is 59.1 Å². The van der Waals surface area contributed by atoms with Crippen LogP contribution < -0.4 is 5.32 Å². The Morgan fingerprint density at radius 2 is 1.84 bits per heavy atom. The van der Waals surface area contributed by atoms with Crippen molar-refractivity contribution >= 4 is 23.3 Å². The first kappa shape index (κ1) is 17.4. The Labute approximate surface area is 151 Å². The maximum Gasteiger partial charge on any atom is 0.220 e. The molecule has 4 nitrogen and oxygen atoms in total. The van der Waals surface area contributed by atoms with Crippen LogP contribution >= 0.6 is 11.8 Å². The number of aromatic nitrogens is 1. The van der Waals surface area contributed by atoms with E-state index in [1.807, 2.05) is 37.3 Å². The summed E-state index contributed by atoms with van der Waals surface area (Å²) in [6.45, 7) is 4.04. The van der Waals surface area contributed by atoms with E-state index in [0.29, 0.717) is 16.2 Å². The lowest BCUT2D eigenvalue weighted by Crippen LogP contribution is -2.32. The van der Waals surface area contributed by atoms with E-state index in [1.165, 1.54) is 11.8 Å². The first-order valence-corrected chi connectivity index (χ1v) is 9.35. The number of nitrogens with zero attached hydrogens (tertiary/aromatic N) is 1. The highest BCUT2D eigenvalue weighted by atomic mass is 32.2. The standard InChI is InChI=1S/C20H20N2O2S/c1-3-12-25-20-17(22-13(2)14-8-5-4-6-9-14)18(23)15-10-7-11-21-16(15)19(20)24/h4-11,13,22H,3,12H2,1-2H3/t13-/m1/s1. The van der Waals surface area contributed by atoms with E-state index in [4.69, 9.17) is 0 Å². The molecule has 1 aliphatic rings. The second-order valence-electron chi connectivity index (χ2n) is 5.89. The van der Waals surface area contributed by atoms with E-state index < -0.39 is 0 Å². The minimum absolute atomic E-state index is 0.0802. The van der Waals surface area contributed by atoms with Crippen molar-refractivity contribution in [2.75, 3.05) is 5.75 Å². The predicted octanol–water partition coefficient (Wildman–Crippen LogP) is 4.17. The number of hydrogen-bond acceptors (Lipinski definition) is 5. The molecular formula is C20H20N2O2S. The molecule has 5 heteroatoms. The van der Waals surface area contributed by atoms with Crippen LogP contribution in [0.15, 0.2) is 59.3 Å². The molecule has 1 N–H and O–H groups in total. The average molecular weight is 352 g/mol. The number of benzene rings is 1. The van der Waals surface area contributed by atoms with Crippen molar-refractivity contribution in [1.29, 1.82) is 0 Å². The molecule has 0 unspecified atom stereocenters. The Hall–Kier alpha value is -2.40. The van der Waals surface area contributed by atoms with Crippen molar-refractivity contribution in [3.63, 3.8) is 0 Å². The summed E-state index contributed by atoms with van der Waals surface area (Å²) in [5.74, 6) is 0.446. The molecule has 25 heavy (non-hydrogen) atoms. The van der Waals surface area contributed by atoms with Crippen molar-refractivity contribution < 1.29 is 9.59 Å². The third kappa shape index (κ3) is 3.51. The van der Waals surface area contributed by atoms with Crippen molar-refractivity contribution in [2.24, 2.45) is 0 Å². The number of hydrogen-bond donors (Lipinski definition) is 1. The third-order valence-corrected chi connectivity index (χ3v) is 5.33. The Bertz CT molecular complexity index is 831. The van der Waals surface area contributed by atoms with Gasteiger partial charge in [-0.15, -0.1) is 11.8 Å². The van der Waals surface area contributed by atoms with Crippen LogP contribution in [-0.2, 0) is 0 Å². The first-order valence-electron chi connectivity index (χ1n) is 8.36. The maximum absolute atomic E-state index is 13.0. The van der Waals surface area contributed by atoms with Gasteiger partial charge >= 0.3 is 0 Å². The Morgan fingerprint density at radius 1 is 1.08 bits per heavy atom. The highest BCUT2D eigenvalue weighted by molar-refractivity contribution is 8.04. The van der Waals surface area contributed by atoms with Crippen LogP contribution in [0.2, 0.25) is 0 Å². The van der Waals surface area contributed by atoms with Gasteiger partial charge in [-0.25, -0.2) is 0 Å². The normalized spacial score (nSPS) is 15.1. The molecule has 128 valence electrons. The quantitative estimate of drug-likeness (QED) is 0.846. The molecule has 2 aromatic rings. The number of pyridine rings is 1. The van der Waals surface area contributed by atoms with E-state index in [2.05, 4.69) is 17.2 Å². The fourth-order valence-corrected chi connectivity index (χ4v) is 3.67. The third-order valence-electron chi connectivity index (χ3n) is 4.04. The number of carbonyl (C=O) groups excluding carboxylic acids is 2. The lowest BCUT2D eigenvalue weighted by Gasteiger charge is -2.24. The molecule has 0 saturated heterocycles. The summed E-state index contributed by atoms with van der Waals surface area (Å²) in [5.41, 5.74) is 2.08. The highest BCUT2D eigenvalue weighted by Crippen LogP contribution is 2.32. The van der Waals surface area contributed by atoms with Crippen LogP contribution in [-0.4, -0.2) is 22.3 Å². The van der Waals surface area contributed by atoms with E-state index in [0.717, 1.165) is 17.7 Å². The van der Waals surface area contributed by atoms with Gasteiger partial charge in [-0.3, -0.25) is 14.6 Å². The Balaban J connectivity index is 1.99. The number of thioether (sulfide) groups is 1. The highest BCUT2D eigenvalue weighted by Gasteiger charge is 2.34. The molecule has 0 amide bonds. The number of ketones is 2. The minimum atomic E-state index is -0.170. The molecule has 1 aliphatic carbocycles. The number of carbonyl (C=O) groups is 2. The monoisotopic (exact) mass is 352 g/mol.